The SMILES string of the molecule is CC(C)c1ccc(Oc2ncccc2[C@@H](C)O)cc1. The molecular weight excluding hydrogens is 238 g/mol. The summed E-state index contributed by atoms with van der Waals surface area (Å²) in [6, 6.07) is 11.5. The van der Waals surface area contributed by atoms with E-state index in [-0.39, 0.29) is 0 Å². The van der Waals surface area contributed by atoms with Gasteiger partial charge in [-0.15, -0.1) is 0 Å². The Balaban J connectivity index is 2.21. The normalized spacial score (nSPS) is 12.5. The molecule has 0 aliphatic rings. The van der Waals surface area contributed by atoms with Crippen molar-refractivity contribution < 1.29 is 9.84 Å². The highest BCUT2D eigenvalue weighted by molar-refractivity contribution is 5.35. The minimum atomic E-state index is -0.598. The zero-order valence-electron chi connectivity index (χ0n) is 11.5. The van der Waals surface area contributed by atoms with Crippen LogP contribution in [0.1, 0.15) is 43.9 Å². The molecule has 0 aliphatic heterocycles. The number of aliphatic hydroxyl groups is 1. The highest BCUT2D eigenvalue weighted by atomic mass is 16.5. The third-order valence-corrected chi connectivity index (χ3v) is 3.01. The summed E-state index contributed by atoms with van der Waals surface area (Å²) >= 11 is 0. The van der Waals surface area contributed by atoms with Gasteiger partial charge in [-0.25, -0.2) is 4.98 Å². The molecular formula is C16H19NO2. The number of aliphatic hydroxyl groups excluding tert-OH is 1. The molecule has 1 aromatic carbocycles. The summed E-state index contributed by atoms with van der Waals surface area (Å²) in [6.45, 7) is 6.01. The van der Waals surface area contributed by atoms with Crippen LogP contribution in [0.2, 0.25) is 0 Å². The van der Waals surface area contributed by atoms with Crippen molar-refractivity contribution in [2.24, 2.45) is 0 Å². The summed E-state index contributed by atoms with van der Waals surface area (Å²) in [5, 5.41) is 9.68. The molecule has 0 spiro atoms. The van der Waals surface area contributed by atoms with Gasteiger partial charge in [-0.2, -0.15) is 0 Å². The van der Waals surface area contributed by atoms with Gasteiger partial charge in [0.15, 0.2) is 0 Å². The Hall–Kier alpha value is -1.87. The molecule has 0 radical (unpaired) electrons. The molecule has 0 saturated carbocycles. The second kappa shape index (κ2) is 5.85. The first-order chi connectivity index (χ1) is 9.08. The van der Waals surface area contributed by atoms with Crippen LogP contribution in [-0.4, -0.2) is 10.1 Å². The molecule has 2 rings (SSSR count). The van der Waals surface area contributed by atoms with Crippen molar-refractivity contribution in [2.45, 2.75) is 32.8 Å². The zero-order valence-corrected chi connectivity index (χ0v) is 11.5. The standard InChI is InChI=1S/C16H19NO2/c1-11(2)13-6-8-14(9-7-13)19-16-15(12(3)18)5-4-10-17-16/h4-12,18H,1-3H3/t12-/m1/s1. The van der Waals surface area contributed by atoms with Gasteiger partial charge in [0, 0.05) is 11.8 Å². The van der Waals surface area contributed by atoms with Crippen LogP contribution in [0.5, 0.6) is 11.6 Å². The van der Waals surface area contributed by atoms with Gasteiger partial charge in [-0.1, -0.05) is 26.0 Å². The second-order valence-corrected chi connectivity index (χ2v) is 4.90. The Bertz CT molecular complexity index is 533. The number of hydrogen-bond donors (Lipinski definition) is 1. The second-order valence-electron chi connectivity index (χ2n) is 4.90. The highest BCUT2D eigenvalue weighted by Crippen LogP contribution is 2.28. The van der Waals surface area contributed by atoms with Crippen LogP contribution in [0, 0.1) is 0 Å². The van der Waals surface area contributed by atoms with E-state index in [0.717, 1.165) is 5.75 Å². The molecule has 1 N–H and O–H groups in total. The third kappa shape index (κ3) is 3.32. The minimum Gasteiger partial charge on any atom is -0.439 e. The molecule has 0 fully saturated rings. The Morgan fingerprint density at radius 3 is 2.32 bits per heavy atom. The smallest absolute Gasteiger partial charge is 0.225 e. The molecule has 0 amide bonds. The lowest BCUT2D eigenvalue weighted by atomic mass is 10.0. The third-order valence-electron chi connectivity index (χ3n) is 3.01. The number of rotatable bonds is 4. The lowest BCUT2D eigenvalue weighted by molar-refractivity contribution is 0.194. The van der Waals surface area contributed by atoms with Gasteiger partial charge >= 0.3 is 0 Å². The molecule has 3 nitrogen and oxygen atoms in total. The molecule has 1 aromatic heterocycles. The average Bonchev–Trinajstić information content (AvgIpc) is 2.39. The predicted molar refractivity (Wildman–Crippen MR) is 75.5 cm³/mol. The summed E-state index contributed by atoms with van der Waals surface area (Å²) in [5.41, 5.74) is 1.96. The van der Waals surface area contributed by atoms with E-state index in [1.165, 1.54) is 5.56 Å². The molecule has 0 bridgehead atoms. The molecule has 1 heterocycles. The molecule has 2 aromatic rings. The van der Waals surface area contributed by atoms with Crippen molar-refractivity contribution in [3.63, 3.8) is 0 Å². The van der Waals surface area contributed by atoms with Gasteiger partial charge in [0.2, 0.25) is 5.88 Å². The molecule has 3 heteroatoms. The van der Waals surface area contributed by atoms with Crippen molar-refractivity contribution in [3.8, 4) is 11.6 Å². The topological polar surface area (TPSA) is 42.4 Å². The molecule has 100 valence electrons. The summed E-state index contributed by atoms with van der Waals surface area (Å²) < 4.78 is 5.73. The molecule has 1 atom stereocenters. The van der Waals surface area contributed by atoms with E-state index >= 15 is 0 Å². The van der Waals surface area contributed by atoms with Gasteiger partial charge in [-0.05, 0) is 42.7 Å². The largest absolute Gasteiger partial charge is 0.439 e. The number of benzene rings is 1. The Labute approximate surface area is 113 Å². The number of nitrogens with zero attached hydrogens (tertiary/aromatic N) is 1. The molecule has 0 unspecified atom stereocenters. The summed E-state index contributed by atoms with van der Waals surface area (Å²) in [4.78, 5) is 4.17. The number of pyridine rings is 1. The van der Waals surface area contributed by atoms with E-state index in [1.54, 1.807) is 19.2 Å². The zero-order chi connectivity index (χ0) is 13.8. The van der Waals surface area contributed by atoms with Crippen LogP contribution in [-0.2, 0) is 0 Å². The van der Waals surface area contributed by atoms with Crippen molar-refractivity contribution in [2.75, 3.05) is 0 Å². The minimum absolute atomic E-state index is 0.454. The fraction of sp³-hybridized carbons (Fsp3) is 0.312. The Kier molecular flexibility index (Phi) is 4.17. The van der Waals surface area contributed by atoms with E-state index in [2.05, 4.69) is 18.8 Å². The first-order valence-corrected chi connectivity index (χ1v) is 6.48. The lowest BCUT2D eigenvalue weighted by Crippen LogP contribution is -1.98. The van der Waals surface area contributed by atoms with Crippen LogP contribution < -0.4 is 4.74 Å². The van der Waals surface area contributed by atoms with Crippen molar-refractivity contribution in [3.05, 3.63) is 53.7 Å². The van der Waals surface area contributed by atoms with Crippen molar-refractivity contribution in [1.29, 1.82) is 0 Å². The maximum Gasteiger partial charge on any atom is 0.225 e. The average molecular weight is 257 g/mol. The van der Waals surface area contributed by atoms with Gasteiger partial charge in [0.1, 0.15) is 5.75 Å². The van der Waals surface area contributed by atoms with Gasteiger partial charge in [-0.3, -0.25) is 0 Å². The highest BCUT2D eigenvalue weighted by Gasteiger charge is 2.10. The Morgan fingerprint density at radius 1 is 1.05 bits per heavy atom. The van der Waals surface area contributed by atoms with Crippen LogP contribution in [0.3, 0.4) is 0 Å². The molecule has 0 saturated heterocycles. The first kappa shape index (κ1) is 13.6. The number of hydrogen-bond acceptors (Lipinski definition) is 3. The van der Waals surface area contributed by atoms with Gasteiger partial charge < -0.3 is 9.84 Å². The van der Waals surface area contributed by atoms with Crippen LogP contribution in [0.4, 0.5) is 0 Å². The fourth-order valence-electron chi connectivity index (χ4n) is 1.84. The van der Waals surface area contributed by atoms with Gasteiger partial charge in [0.25, 0.3) is 0 Å². The lowest BCUT2D eigenvalue weighted by Gasteiger charge is -2.12. The number of ether oxygens (including phenoxy) is 1. The van der Waals surface area contributed by atoms with Crippen LogP contribution >= 0.6 is 0 Å². The summed E-state index contributed by atoms with van der Waals surface area (Å²) in [5.74, 6) is 1.68. The predicted octanol–water partition coefficient (Wildman–Crippen LogP) is 4.05. The quantitative estimate of drug-likeness (QED) is 0.898. The van der Waals surface area contributed by atoms with Gasteiger partial charge in [0.05, 0.1) is 6.10 Å². The van der Waals surface area contributed by atoms with Crippen LogP contribution in [0.15, 0.2) is 42.6 Å². The Morgan fingerprint density at radius 2 is 1.74 bits per heavy atom. The fourth-order valence-corrected chi connectivity index (χ4v) is 1.84. The maximum absolute atomic E-state index is 9.68. The molecule has 0 aliphatic carbocycles. The summed E-state index contributed by atoms with van der Waals surface area (Å²) in [7, 11) is 0. The monoisotopic (exact) mass is 257 g/mol. The molecule has 19 heavy (non-hydrogen) atoms. The first-order valence-electron chi connectivity index (χ1n) is 6.48. The van der Waals surface area contributed by atoms with E-state index < -0.39 is 6.10 Å². The van der Waals surface area contributed by atoms with Crippen LogP contribution in [0.25, 0.3) is 0 Å². The van der Waals surface area contributed by atoms with E-state index in [4.69, 9.17) is 4.74 Å². The maximum atomic E-state index is 9.68. The van der Waals surface area contributed by atoms with E-state index in [0.29, 0.717) is 17.4 Å². The van der Waals surface area contributed by atoms with E-state index in [9.17, 15) is 5.11 Å². The summed E-state index contributed by atoms with van der Waals surface area (Å²) in [6.07, 6.45) is 1.06. The van der Waals surface area contributed by atoms with Crippen molar-refractivity contribution in [1.82, 2.24) is 4.98 Å². The van der Waals surface area contributed by atoms with E-state index in [1.807, 2.05) is 30.3 Å². The van der Waals surface area contributed by atoms with Crippen molar-refractivity contribution >= 4 is 0 Å². The number of aromatic nitrogens is 1.